The number of likely N-dealkylation sites (tertiary alicyclic amines) is 1. The largest absolute Gasteiger partial charge is 0.493 e. The van der Waals surface area contributed by atoms with Crippen molar-refractivity contribution in [2.75, 3.05) is 44.0 Å². The number of methoxy groups -OCH3 is 1. The first kappa shape index (κ1) is 21.8. The highest BCUT2D eigenvalue weighted by Crippen LogP contribution is 2.31. The van der Waals surface area contributed by atoms with Crippen molar-refractivity contribution >= 4 is 17.5 Å². The van der Waals surface area contributed by atoms with E-state index in [4.69, 9.17) is 9.47 Å². The topological polar surface area (TPSA) is 84.4 Å². The van der Waals surface area contributed by atoms with E-state index in [9.17, 15) is 0 Å². The molecule has 3 heterocycles. The van der Waals surface area contributed by atoms with Crippen molar-refractivity contribution in [1.82, 2.24) is 19.9 Å². The molecule has 0 amide bonds. The SMILES string of the molecule is COc1ccc(Nc2nccc(NCc3ccncc3)n2)cc1OCCCN1CCCC1. The summed E-state index contributed by atoms with van der Waals surface area (Å²) >= 11 is 0. The molecule has 0 aliphatic carbocycles. The molecule has 3 aromatic rings. The molecule has 1 fully saturated rings. The summed E-state index contributed by atoms with van der Waals surface area (Å²) in [4.78, 5) is 15.4. The third-order valence-electron chi connectivity index (χ3n) is 5.37. The van der Waals surface area contributed by atoms with Crippen LogP contribution >= 0.6 is 0 Å². The van der Waals surface area contributed by atoms with Gasteiger partial charge in [-0.1, -0.05) is 0 Å². The van der Waals surface area contributed by atoms with E-state index in [1.165, 1.54) is 25.9 Å². The molecule has 0 unspecified atom stereocenters. The van der Waals surface area contributed by atoms with Gasteiger partial charge in [0.25, 0.3) is 0 Å². The number of pyridine rings is 1. The summed E-state index contributed by atoms with van der Waals surface area (Å²) in [6.45, 7) is 4.81. The minimum absolute atomic E-state index is 0.509. The number of hydrogen-bond donors (Lipinski definition) is 2. The number of aromatic nitrogens is 3. The van der Waals surface area contributed by atoms with Gasteiger partial charge in [0.1, 0.15) is 5.82 Å². The molecule has 0 atom stereocenters. The van der Waals surface area contributed by atoms with Crippen molar-refractivity contribution < 1.29 is 9.47 Å². The van der Waals surface area contributed by atoms with Crippen LogP contribution in [0.1, 0.15) is 24.8 Å². The van der Waals surface area contributed by atoms with Crippen LogP contribution in [-0.4, -0.2) is 53.2 Å². The minimum atomic E-state index is 0.509. The second kappa shape index (κ2) is 11.3. The van der Waals surface area contributed by atoms with Crippen molar-refractivity contribution in [3.8, 4) is 11.5 Å². The van der Waals surface area contributed by atoms with Gasteiger partial charge in [-0.3, -0.25) is 4.98 Å². The Morgan fingerprint density at radius 1 is 1.00 bits per heavy atom. The predicted molar refractivity (Wildman–Crippen MR) is 126 cm³/mol. The number of ether oxygens (including phenoxy) is 2. The second-order valence-corrected chi connectivity index (χ2v) is 7.72. The van der Waals surface area contributed by atoms with Gasteiger partial charge in [-0.2, -0.15) is 4.98 Å². The highest BCUT2D eigenvalue weighted by Gasteiger charge is 2.11. The number of rotatable bonds is 11. The molecule has 0 bridgehead atoms. The Labute approximate surface area is 189 Å². The maximum absolute atomic E-state index is 6.03. The average molecular weight is 435 g/mol. The molecule has 2 N–H and O–H groups in total. The third-order valence-corrected chi connectivity index (χ3v) is 5.37. The van der Waals surface area contributed by atoms with E-state index in [1.54, 1.807) is 25.7 Å². The molecular weight excluding hydrogens is 404 g/mol. The van der Waals surface area contributed by atoms with Gasteiger partial charge in [0.05, 0.1) is 13.7 Å². The van der Waals surface area contributed by atoms with Crippen LogP contribution in [0.25, 0.3) is 0 Å². The highest BCUT2D eigenvalue weighted by molar-refractivity contribution is 5.60. The fourth-order valence-corrected chi connectivity index (χ4v) is 3.68. The normalized spacial score (nSPS) is 13.7. The van der Waals surface area contributed by atoms with Gasteiger partial charge >= 0.3 is 0 Å². The first-order chi connectivity index (χ1) is 15.8. The zero-order valence-electron chi connectivity index (χ0n) is 18.5. The average Bonchev–Trinajstić information content (AvgIpc) is 3.35. The Morgan fingerprint density at radius 2 is 1.84 bits per heavy atom. The van der Waals surface area contributed by atoms with Gasteiger partial charge in [0, 0.05) is 43.4 Å². The van der Waals surface area contributed by atoms with Crippen LogP contribution in [0.2, 0.25) is 0 Å². The highest BCUT2D eigenvalue weighted by atomic mass is 16.5. The Hall–Kier alpha value is -3.39. The van der Waals surface area contributed by atoms with Gasteiger partial charge in [0.2, 0.25) is 5.95 Å². The van der Waals surface area contributed by atoms with E-state index in [0.29, 0.717) is 30.6 Å². The van der Waals surface area contributed by atoms with Crippen molar-refractivity contribution in [2.24, 2.45) is 0 Å². The predicted octanol–water partition coefficient (Wildman–Crippen LogP) is 4.10. The lowest BCUT2D eigenvalue weighted by molar-refractivity contribution is 0.254. The number of hydrogen-bond acceptors (Lipinski definition) is 8. The van der Waals surface area contributed by atoms with E-state index in [0.717, 1.165) is 30.0 Å². The maximum Gasteiger partial charge on any atom is 0.229 e. The fraction of sp³-hybridized carbons (Fsp3) is 0.375. The summed E-state index contributed by atoms with van der Waals surface area (Å²) in [6.07, 6.45) is 8.90. The Morgan fingerprint density at radius 3 is 2.66 bits per heavy atom. The Kier molecular flexibility index (Phi) is 7.70. The molecule has 1 aliphatic heterocycles. The molecular formula is C24H30N6O2. The lowest BCUT2D eigenvalue weighted by Crippen LogP contribution is -2.21. The molecule has 8 heteroatoms. The zero-order valence-corrected chi connectivity index (χ0v) is 18.5. The van der Waals surface area contributed by atoms with Crippen molar-refractivity contribution in [1.29, 1.82) is 0 Å². The third kappa shape index (κ3) is 6.31. The number of nitrogens with zero attached hydrogens (tertiary/aromatic N) is 4. The smallest absolute Gasteiger partial charge is 0.229 e. The zero-order chi connectivity index (χ0) is 22.0. The summed E-state index contributed by atoms with van der Waals surface area (Å²) < 4.78 is 11.5. The van der Waals surface area contributed by atoms with Crippen molar-refractivity contribution in [3.63, 3.8) is 0 Å². The molecule has 8 nitrogen and oxygen atoms in total. The first-order valence-electron chi connectivity index (χ1n) is 11.1. The number of anilines is 3. The monoisotopic (exact) mass is 434 g/mol. The van der Waals surface area contributed by atoms with Crippen molar-refractivity contribution in [3.05, 3.63) is 60.6 Å². The Bertz CT molecular complexity index is 979. The minimum Gasteiger partial charge on any atom is -0.493 e. The molecule has 168 valence electrons. The van der Waals surface area contributed by atoms with E-state index < -0.39 is 0 Å². The molecule has 1 saturated heterocycles. The molecule has 1 aliphatic rings. The first-order valence-corrected chi connectivity index (χ1v) is 11.1. The standard InChI is InChI=1S/C24H30N6O2/c1-31-21-6-5-20(17-22(21)32-16-4-15-30-13-2-3-14-30)28-24-26-12-9-23(29-24)27-18-19-7-10-25-11-8-19/h5-12,17H,2-4,13-16,18H2,1H3,(H2,26,27,28,29). The summed E-state index contributed by atoms with van der Waals surface area (Å²) in [5.41, 5.74) is 1.97. The fourth-order valence-electron chi connectivity index (χ4n) is 3.68. The van der Waals surface area contributed by atoms with Gasteiger partial charge in [-0.25, -0.2) is 4.98 Å². The van der Waals surface area contributed by atoms with Crippen LogP contribution in [0.4, 0.5) is 17.5 Å². The van der Waals surface area contributed by atoms with E-state index in [1.807, 2.05) is 36.4 Å². The van der Waals surface area contributed by atoms with Crippen molar-refractivity contribution in [2.45, 2.75) is 25.8 Å². The molecule has 1 aromatic carbocycles. The van der Waals surface area contributed by atoms with E-state index in [2.05, 4.69) is 30.5 Å². The summed E-state index contributed by atoms with van der Waals surface area (Å²) in [5, 5.41) is 6.56. The van der Waals surface area contributed by atoms with E-state index >= 15 is 0 Å². The van der Waals surface area contributed by atoms with Crippen LogP contribution < -0.4 is 20.1 Å². The number of benzene rings is 1. The molecule has 0 spiro atoms. The van der Waals surface area contributed by atoms with Gasteiger partial charge < -0.3 is 25.0 Å². The molecule has 0 saturated carbocycles. The van der Waals surface area contributed by atoms with Crippen LogP contribution in [0.15, 0.2) is 55.0 Å². The maximum atomic E-state index is 6.03. The van der Waals surface area contributed by atoms with Gasteiger partial charge in [-0.15, -0.1) is 0 Å². The van der Waals surface area contributed by atoms with Crippen LogP contribution in [0.3, 0.4) is 0 Å². The van der Waals surface area contributed by atoms with E-state index in [-0.39, 0.29) is 0 Å². The lowest BCUT2D eigenvalue weighted by atomic mass is 10.2. The van der Waals surface area contributed by atoms with Crippen LogP contribution in [-0.2, 0) is 6.54 Å². The molecule has 2 aromatic heterocycles. The Balaban J connectivity index is 1.34. The quantitative estimate of drug-likeness (QED) is 0.437. The molecule has 0 radical (unpaired) electrons. The lowest BCUT2D eigenvalue weighted by Gasteiger charge is -2.16. The van der Waals surface area contributed by atoms with Gasteiger partial charge in [-0.05, 0) is 68.2 Å². The molecule has 32 heavy (non-hydrogen) atoms. The number of nitrogens with one attached hydrogen (secondary N) is 2. The second-order valence-electron chi connectivity index (χ2n) is 7.72. The summed E-state index contributed by atoms with van der Waals surface area (Å²) in [5.74, 6) is 2.68. The summed E-state index contributed by atoms with van der Waals surface area (Å²) in [7, 11) is 1.65. The van der Waals surface area contributed by atoms with Crippen LogP contribution in [0.5, 0.6) is 11.5 Å². The van der Waals surface area contributed by atoms with Crippen LogP contribution in [0, 0.1) is 0 Å². The van der Waals surface area contributed by atoms with Gasteiger partial charge in [0.15, 0.2) is 11.5 Å². The molecule has 4 rings (SSSR count). The summed E-state index contributed by atoms with van der Waals surface area (Å²) in [6, 6.07) is 11.5.